The van der Waals surface area contributed by atoms with Gasteiger partial charge in [-0.3, -0.25) is 4.98 Å². The number of benzene rings is 1. The van der Waals surface area contributed by atoms with Gasteiger partial charge in [0.05, 0.1) is 0 Å². The minimum atomic E-state index is 0.218. The molecule has 84 valence electrons. The standard InChI is InChI=1S/C12H8ClN3O/c13-6-11-15-12(16-17-11)9-3-1-2-8-4-5-14-7-10(8)9/h1-5,7H,6H2. The van der Waals surface area contributed by atoms with Crippen LogP contribution in [0.1, 0.15) is 5.89 Å². The molecule has 0 N–H and O–H groups in total. The van der Waals surface area contributed by atoms with Crippen molar-refractivity contribution in [2.75, 3.05) is 0 Å². The van der Waals surface area contributed by atoms with Crippen molar-refractivity contribution in [1.29, 1.82) is 0 Å². The second kappa shape index (κ2) is 4.14. The summed E-state index contributed by atoms with van der Waals surface area (Å²) in [5, 5.41) is 6.00. The summed E-state index contributed by atoms with van der Waals surface area (Å²) in [5.41, 5.74) is 0.899. The van der Waals surface area contributed by atoms with E-state index in [0.29, 0.717) is 11.7 Å². The van der Waals surface area contributed by atoms with E-state index in [9.17, 15) is 0 Å². The summed E-state index contributed by atoms with van der Waals surface area (Å²) in [4.78, 5) is 8.33. The monoisotopic (exact) mass is 245 g/mol. The number of hydrogen-bond acceptors (Lipinski definition) is 4. The van der Waals surface area contributed by atoms with Crippen molar-refractivity contribution in [1.82, 2.24) is 15.1 Å². The first kappa shape index (κ1) is 10.2. The molecule has 3 aromatic rings. The van der Waals surface area contributed by atoms with Gasteiger partial charge in [-0.25, -0.2) is 0 Å². The van der Waals surface area contributed by atoms with Crippen molar-refractivity contribution < 1.29 is 4.52 Å². The Morgan fingerprint density at radius 2 is 2.18 bits per heavy atom. The highest BCUT2D eigenvalue weighted by molar-refractivity contribution is 6.16. The molecule has 0 aliphatic carbocycles. The van der Waals surface area contributed by atoms with E-state index in [1.54, 1.807) is 12.4 Å². The number of fused-ring (bicyclic) bond motifs is 1. The van der Waals surface area contributed by atoms with Gasteiger partial charge in [-0.15, -0.1) is 11.6 Å². The van der Waals surface area contributed by atoms with Crippen LogP contribution in [0.4, 0.5) is 0 Å². The fourth-order valence-electron chi connectivity index (χ4n) is 1.73. The summed E-state index contributed by atoms with van der Waals surface area (Å²) in [5.74, 6) is 1.18. The van der Waals surface area contributed by atoms with Crippen LogP contribution >= 0.6 is 11.6 Å². The molecule has 0 atom stereocenters. The van der Waals surface area contributed by atoms with Gasteiger partial charge in [0.1, 0.15) is 5.88 Å². The maximum atomic E-state index is 5.64. The van der Waals surface area contributed by atoms with Crippen molar-refractivity contribution >= 4 is 22.4 Å². The molecule has 0 bridgehead atoms. The molecule has 3 rings (SSSR count). The normalized spacial score (nSPS) is 10.9. The molecule has 5 heteroatoms. The molecule has 0 spiro atoms. The summed E-state index contributed by atoms with van der Waals surface area (Å²) >= 11 is 5.64. The number of rotatable bonds is 2. The van der Waals surface area contributed by atoms with Crippen LogP contribution in [-0.4, -0.2) is 15.1 Å². The number of halogens is 1. The number of alkyl halides is 1. The van der Waals surface area contributed by atoms with Crippen LogP contribution in [0.2, 0.25) is 0 Å². The van der Waals surface area contributed by atoms with Gasteiger partial charge in [0.2, 0.25) is 11.7 Å². The molecule has 0 amide bonds. The lowest BCUT2D eigenvalue weighted by Gasteiger charge is -2.00. The predicted octanol–water partition coefficient (Wildman–Crippen LogP) is 3.02. The van der Waals surface area contributed by atoms with Gasteiger partial charge in [0.25, 0.3) is 0 Å². The Hall–Kier alpha value is -1.94. The summed E-state index contributed by atoms with van der Waals surface area (Å²) in [6.45, 7) is 0. The third-order valence-corrected chi connectivity index (χ3v) is 2.74. The van der Waals surface area contributed by atoms with Gasteiger partial charge in [-0.1, -0.05) is 23.4 Å². The van der Waals surface area contributed by atoms with Crippen LogP contribution in [-0.2, 0) is 5.88 Å². The van der Waals surface area contributed by atoms with Gasteiger partial charge in [-0.2, -0.15) is 4.98 Å². The average Bonchev–Trinajstić information content (AvgIpc) is 2.87. The molecule has 4 nitrogen and oxygen atoms in total. The highest BCUT2D eigenvalue weighted by atomic mass is 35.5. The molecule has 0 aliphatic heterocycles. The van der Waals surface area contributed by atoms with E-state index in [1.165, 1.54) is 0 Å². The molecule has 17 heavy (non-hydrogen) atoms. The third-order valence-electron chi connectivity index (χ3n) is 2.51. The second-order valence-corrected chi connectivity index (χ2v) is 3.81. The quantitative estimate of drug-likeness (QED) is 0.651. The van der Waals surface area contributed by atoms with Crippen molar-refractivity contribution in [2.24, 2.45) is 0 Å². The summed E-state index contributed by atoms with van der Waals surface area (Å²) < 4.78 is 5.00. The predicted molar refractivity (Wildman–Crippen MR) is 64.6 cm³/mol. The fourth-order valence-corrected chi connectivity index (χ4v) is 1.84. The van der Waals surface area contributed by atoms with Crippen molar-refractivity contribution in [3.05, 3.63) is 42.5 Å². The summed E-state index contributed by atoms with van der Waals surface area (Å²) in [6, 6.07) is 7.85. The van der Waals surface area contributed by atoms with Crippen molar-refractivity contribution in [2.45, 2.75) is 5.88 Å². The van der Waals surface area contributed by atoms with Gasteiger partial charge < -0.3 is 4.52 Å². The molecular weight excluding hydrogens is 238 g/mol. The maximum Gasteiger partial charge on any atom is 0.241 e. The zero-order chi connectivity index (χ0) is 11.7. The average molecular weight is 246 g/mol. The van der Waals surface area contributed by atoms with Crippen molar-refractivity contribution in [3.63, 3.8) is 0 Å². The Morgan fingerprint density at radius 1 is 1.24 bits per heavy atom. The third kappa shape index (κ3) is 1.76. The van der Waals surface area contributed by atoms with Crippen molar-refractivity contribution in [3.8, 4) is 11.4 Å². The van der Waals surface area contributed by atoms with E-state index < -0.39 is 0 Å². The Balaban J connectivity index is 2.23. The molecule has 0 unspecified atom stereocenters. The van der Waals surface area contributed by atoms with Gasteiger partial charge in [0.15, 0.2) is 0 Å². The van der Waals surface area contributed by atoms with Crippen LogP contribution in [0.3, 0.4) is 0 Å². The molecule has 0 saturated heterocycles. The van der Waals surface area contributed by atoms with Gasteiger partial charge in [-0.05, 0) is 11.5 Å². The lowest BCUT2D eigenvalue weighted by Crippen LogP contribution is -1.85. The van der Waals surface area contributed by atoms with E-state index in [0.717, 1.165) is 16.3 Å². The Labute approximate surface area is 102 Å². The fraction of sp³-hybridized carbons (Fsp3) is 0.0833. The number of nitrogens with zero attached hydrogens (tertiary/aromatic N) is 3. The molecule has 1 aromatic carbocycles. The van der Waals surface area contributed by atoms with Crippen LogP contribution in [0.15, 0.2) is 41.2 Å². The first-order valence-electron chi connectivity index (χ1n) is 5.10. The van der Waals surface area contributed by atoms with E-state index in [2.05, 4.69) is 15.1 Å². The Bertz CT molecular complexity index is 660. The molecule has 0 saturated carbocycles. The number of aromatic nitrogens is 3. The topological polar surface area (TPSA) is 51.8 Å². The van der Waals surface area contributed by atoms with Crippen LogP contribution in [0.5, 0.6) is 0 Å². The Kier molecular flexibility index (Phi) is 2.49. The minimum absolute atomic E-state index is 0.218. The van der Waals surface area contributed by atoms with E-state index in [1.807, 2.05) is 24.3 Å². The highest BCUT2D eigenvalue weighted by Gasteiger charge is 2.10. The molecule has 0 radical (unpaired) electrons. The lowest BCUT2D eigenvalue weighted by molar-refractivity contribution is 0.391. The molecule has 2 aromatic heterocycles. The van der Waals surface area contributed by atoms with E-state index in [-0.39, 0.29) is 5.88 Å². The van der Waals surface area contributed by atoms with E-state index in [4.69, 9.17) is 16.1 Å². The smallest absolute Gasteiger partial charge is 0.241 e. The number of pyridine rings is 1. The second-order valence-electron chi connectivity index (χ2n) is 3.55. The van der Waals surface area contributed by atoms with E-state index >= 15 is 0 Å². The van der Waals surface area contributed by atoms with Crippen LogP contribution < -0.4 is 0 Å². The van der Waals surface area contributed by atoms with Gasteiger partial charge in [0, 0.05) is 23.3 Å². The SMILES string of the molecule is ClCc1nc(-c2cccc3ccncc23)no1. The maximum absolute atomic E-state index is 5.64. The molecular formula is C12H8ClN3O. The van der Waals surface area contributed by atoms with Gasteiger partial charge >= 0.3 is 0 Å². The lowest BCUT2D eigenvalue weighted by atomic mass is 10.1. The molecule has 0 fully saturated rings. The minimum Gasteiger partial charge on any atom is -0.338 e. The van der Waals surface area contributed by atoms with Crippen LogP contribution in [0, 0.1) is 0 Å². The largest absolute Gasteiger partial charge is 0.338 e. The zero-order valence-electron chi connectivity index (χ0n) is 8.80. The highest BCUT2D eigenvalue weighted by Crippen LogP contribution is 2.25. The molecule has 2 heterocycles. The molecule has 0 aliphatic rings. The summed E-state index contributed by atoms with van der Waals surface area (Å²) in [7, 11) is 0. The zero-order valence-corrected chi connectivity index (χ0v) is 9.55. The first-order chi connectivity index (χ1) is 8.38. The summed E-state index contributed by atoms with van der Waals surface area (Å²) in [6.07, 6.45) is 3.55. The number of hydrogen-bond donors (Lipinski definition) is 0. The first-order valence-corrected chi connectivity index (χ1v) is 5.63. The Morgan fingerprint density at radius 3 is 3.00 bits per heavy atom. The van der Waals surface area contributed by atoms with Crippen LogP contribution in [0.25, 0.3) is 22.2 Å².